The van der Waals surface area contributed by atoms with Gasteiger partial charge in [0.15, 0.2) is 0 Å². The first kappa shape index (κ1) is 20.7. The zero-order valence-corrected chi connectivity index (χ0v) is 12.5. The maximum Gasteiger partial charge on any atom is 0.0691 e. The lowest BCUT2D eigenvalue weighted by Crippen LogP contribution is -2.37. The molecule has 0 aromatic carbocycles. The first-order valence-electron chi connectivity index (χ1n) is 6.48. The topological polar surface area (TPSA) is 92.5 Å². The summed E-state index contributed by atoms with van der Waals surface area (Å²) in [7, 11) is 0. The second-order valence-corrected chi connectivity index (χ2v) is 5.03. The smallest absolute Gasteiger partial charge is 0.0691 e. The highest BCUT2D eigenvalue weighted by Crippen LogP contribution is 2.16. The highest BCUT2D eigenvalue weighted by Gasteiger charge is 2.18. The van der Waals surface area contributed by atoms with E-state index in [1.54, 1.807) is 0 Å². The molecule has 6 N–H and O–H groups in total. The molecule has 0 bridgehead atoms. The van der Waals surface area contributed by atoms with Crippen molar-refractivity contribution in [2.24, 2.45) is 11.5 Å². The standard InChI is InChI=1S/2C6H13NO.2ClH/c2*7-5-3-1-2-4-6(5)8;;/h2*5-6,8H,1-4,7H2;2*1H/t2*5-,6+;;/m10../s1. The highest BCUT2D eigenvalue weighted by atomic mass is 35.5. The molecular formula is C12H28Cl2N2O2. The molecule has 0 amide bonds. The van der Waals surface area contributed by atoms with E-state index in [-0.39, 0.29) is 49.1 Å². The largest absolute Gasteiger partial charge is 0.392 e. The van der Waals surface area contributed by atoms with Crippen LogP contribution in [0.3, 0.4) is 0 Å². The first-order valence-corrected chi connectivity index (χ1v) is 6.48. The Kier molecular flexibility index (Phi) is 13.0. The molecule has 6 heteroatoms. The van der Waals surface area contributed by atoms with E-state index in [2.05, 4.69) is 0 Å². The van der Waals surface area contributed by atoms with Crippen LogP contribution in [0.15, 0.2) is 0 Å². The minimum atomic E-state index is -0.219. The van der Waals surface area contributed by atoms with Crippen LogP contribution >= 0.6 is 24.8 Å². The van der Waals surface area contributed by atoms with E-state index in [9.17, 15) is 0 Å². The summed E-state index contributed by atoms with van der Waals surface area (Å²) < 4.78 is 0. The Bertz CT molecular complexity index is 159. The molecule has 2 aliphatic rings. The fourth-order valence-electron chi connectivity index (χ4n) is 2.28. The number of halogens is 2. The molecular weight excluding hydrogens is 275 g/mol. The van der Waals surface area contributed by atoms with Gasteiger partial charge < -0.3 is 21.7 Å². The normalized spacial score (nSPS) is 35.3. The van der Waals surface area contributed by atoms with Gasteiger partial charge in [0.05, 0.1) is 12.2 Å². The second-order valence-electron chi connectivity index (χ2n) is 5.03. The van der Waals surface area contributed by atoms with Crippen molar-refractivity contribution in [3.8, 4) is 0 Å². The van der Waals surface area contributed by atoms with E-state index in [1.807, 2.05) is 0 Å². The van der Waals surface area contributed by atoms with Crippen molar-refractivity contribution < 1.29 is 10.2 Å². The minimum absolute atomic E-state index is 0. The van der Waals surface area contributed by atoms with Crippen molar-refractivity contribution in [2.75, 3.05) is 0 Å². The summed E-state index contributed by atoms with van der Waals surface area (Å²) in [5.41, 5.74) is 11.1. The van der Waals surface area contributed by atoms with Crippen LogP contribution in [0.1, 0.15) is 51.4 Å². The zero-order valence-electron chi connectivity index (χ0n) is 10.8. The molecule has 2 saturated carbocycles. The van der Waals surface area contributed by atoms with Crippen LogP contribution in [-0.2, 0) is 0 Å². The Morgan fingerprint density at radius 1 is 0.611 bits per heavy atom. The number of hydrogen-bond donors (Lipinski definition) is 4. The number of hydrogen-bond acceptors (Lipinski definition) is 4. The Balaban J connectivity index is 0. The first-order chi connectivity index (χ1) is 7.61. The van der Waals surface area contributed by atoms with Gasteiger partial charge in [0.2, 0.25) is 0 Å². The number of aliphatic hydroxyl groups is 2. The van der Waals surface area contributed by atoms with Crippen molar-refractivity contribution in [2.45, 2.75) is 75.7 Å². The summed E-state index contributed by atoms with van der Waals surface area (Å²) in [6.07, 6.45) is 8.05. The van der Waals surface area contributed by atoms with E-state index in [0.29, 0.717) is 0 Å². The molecule has 0 aliphatic heterocycles. The SMILES string of the molecule is Cl.Cl.N[C@@H]1CCCC[C@@H]1O.N[C@H]1CCCC[C@H]1O. The van der Waals surface area contributed by atoms with E-state index >= 15 is 0 Å². The summed E-state index contributed by atoms with van der Waals surface area (Å²) in [6, 6.07) is 0.118. The third-order valence-electron chi connectivity index (χ3n) is 3.56. The summed E-state index contributed by atoms with van der Waals surface area (Å²) >= 11 is 0. The fourth-order valence-corrected chi connectivity index (χ4v) is 2.28. The predicted molar refractivity (Wildman–Crippen MR) is 79.4 cm³/mol. The summed E-state index contributed by atoms with van der Waals surface area (Å²) in [4.78, 5) is 0. The maximum atomic E-state index is 9.05. The molecule has 18 heavy (non-hydrogen) atoms. The molecule has 4 atom stereocenters. The van der Waals surface area contributed by atoms with Crippen molar-refractivity contribution in [1.82, 2.24) is 0 Å². The average molecular weight is 303 g/mol. The van der Waals surface area contributed by atoms with Gasteiger partial charge >= 0.3 is 0 Å². The van der Waals surface area contributed by atoms with E-state index < -0.39 is 0 Å². The molecule has 0 spiro atoms. The maximum absolute atomic E-state index is 9.05. The molecule has 2 fully saturated rings. The highest BCUT2D eigenvalue weighted by molar-refractivity contribution is 5.85. The zero-order chi connectivity index (χ0) is 12.0. The second kappa shape index (κ2) is 11.3. The summed E-state index contributed by atoms with van der Waals surface area (Å²) in [5, 5.41) is 18.1. The molecule has 0 saturated heterocycles. The number of aliphatic hydroxyl groups excluding tert-OH is 2. The average Bonchev–Trinajstić information content (AvgIpc) is 2.28. The Labute approximate surface area is 122 Å². The predicted octanol–water partition coefficient (Wildman–Crippen LogP) is 1.34. The van der Waals surface area contributed by atoms with Crippen LogP contribution in [0.5, 0.6) is 0 Å². The van der Waals surface area contributed by atoms with E-state index in [0.717, 1.165) is 38.5 Å². The van der Waals surface area contributed by atoms with E-state index in [4.69, 9.17) is 21.7 Å². The fraction of sp³-hybridized carbons (Fsp3) is 1.00. The van der Waals surface area contributed by atoms with Crippen LogP contribution in [0.4, 0.5) is 0 Å². The molecule has 112 valence electrons. The molecule has 0 unspecified atom stereocenters. The van der Waals surface area contributed by atoms with Crippen molar-refractivity contribution in [3.05, 3.63) is 0 Å². The Morgan fingerprint density at radius 3 is 1.06 bits per heavy atom. The van der Waals surface area contributed by atoms with Gasteiger partial charge in [0, 0.05) is 12.1 Å². The van der Waals surface area contributed by atoms with Crippen molar-refractivity contribution in [3.63, 3.8) is 0 Å². The quantitative estimate of drug-likeness (QED) is 0.543. The number of rotatable bonds is 0. The van der Waals surface area contributed by atoms with Crippen LogP contribution in [0.2, 0.25) is 0 Å². The van der Waals surface area contributed by atoms with Gasteiger partial charge in [-0.1, -0.05) is 25.7 Å². The monoisotopic (exact) mass is 302 g/mol. The lowest BCUT2D eigenvalue weighted by atomic mass is 9.94. The summed E-state index contributed by atoms with van der Waals surface area (Å²) in [5.74, 6) is 0. The summed E-state index contributed by atoms with van der Waals surface area (Å²) in [6.45, 7) is 0. The van der Waals surface area contributed by atoms with E-state index in [1.165, 1.54) is 12.8 Å². The Morgan fingerprint density at radius 2 is 0.889 bits per heavy atom. The van der Waals surface area contributed by atoms with Crippen LogP contribution in [0, 0.1) is 0 Å². The van der Waals surface area contributed by atoms with Crippen LogP contribution in [-0.4, -0.2) is 34.5 Å². The molecule has 0 radical (unpaired) electrons. The Hall–Kier alpha value is 0.420. The van der Waals surface area contributed by atoms with Gasteiger partial charge in [0.1, 0.15) is 0 Å². The van der Waals surface area contributed by atoms with Crippen LogP contribution in [0.25, 0.3) is 0 Å². The third-order valence-corrected chi connectivity index (χ3v) is 3.56. The van der Waals surface area contributed by atoms with Crippen molar-refractivity contribution in [1.29, 1.82) is 0 Å². The number of nitrogens with two attached hydrogens (primary N) is 2. The molecule has 4 nitrogen and oxygen atoms in total. The molecule has 0 heterocycles. The van der Waals surface area contributed by atoms with Gasteiger partial charge in [-0.3, -0.25) is 0 Å². The van der Waals surface area contributed by atoms with Gasteiger partial charge in [0.25, 0.3) is 0 Å². The van der Waals surface area contributed by atoms with Gasteiger partial charge in [-0.25, -0.2) is 0 Å². The molecule has 2 aliphatic carbocycles. The van der Waals surface area contributed by atoms with Crippen molar-refractivity contribution >= 4 is 24.8 Å². The van der Waals surface area contributed by atoms with Gasteiger partial charge in [-0.05, 0) is 25.7 Å². The molecule has 0 aromatic heterocycles. The molecule has 2 rings (SSSR count). The van der Waals surface area contributed by atoms with Gasteiger partial charge in [-0.15, -0.1) is 24.8 Å². The lowest BCUT2D eigenvalue weighted by Gasteiger charge is -2.23. The molecule has 0 aromatic rings. The van der Waals surface area contributed by atoms with Crippen LogP contribution < -0.4 is 11.5 Å². The lowest BCUT2D eigenvalue weighted by molar-refractivity contribution is 0.108. The third kappa shape index (κ3) is 7.77. The minimum Gasteiger partial charge on any atom is -0.392 e. The van der Waals surface area contributed by atoms with Gasteiger partial charge in [-0.2, -0.15) is 0 Å².